The molecule has 0 radical (unpaired) electrons. The van der Waals surface area contributed by atoms with E-state index in [-0.39, 0.29) is 17.2 Å². The number of aryl methyl sites for hydroxylation is 2. The molecule has 1 N–H and O–H groups in total. The number of esters is 2. The molecule has 2 aromatic rings. The monoisotopic (exact) mass is 465 g/mol. The van der Waals surface area contributed by atoms with Crippen molar-refractivity contribution in [1.82, 2.24) is 0 Å². The number of ether oxygens (including phenoxy) is 2. The molecule has 0 aliphatic heterocycles. The molecule has 1 fully saturated rings. The number of anilines is 1. The maximum absolute atomic E-state index is 13.0. The number of nitrogens with one attached hydrogen (secondary N) is 1. The van der Waals surface area contributed by atoms with E-state index in [1.807, 2.05) is 26.0 Å². The SMILES string of the molecule is Cc1ccc(NC(=O)COC(=O)c2ccccc2C(=O)O[C@@H]2C[C@@H](C)CC[C@@H]2C(C)C)cc1C. The first-order valence-electron chi connectivity index (χ1n) is 12.0. The molecule has 34 heavy (non-hydrogen) atoms. The molecule has 1 saturated carbocycles. The highest BCUT2D eigenvalue weighted by atomic mass is 16.5. The summed E-state index contributed by atoms with van der Waals surface area (Å²) in [7, 11) is 0. The molecule has 1 aliphatic rings. The molecule has 0 unspecified atom stereocenters. The zero-order valence-corrected chi connectivity index (χ0v) is 20.7. The van der Waals surface area contributed by atoms with Gasteiger partial charge in [-0.2, -0.15) is 0 Å². The summed E-state index contributed by atoms with van der Waals surface area (Å²) in [6, 6.07) is 12.0. The molecule has 1 amide bonds. The van der Waals surface area contributed by atoms with E-state index >= 15 is 0 Å². The molecule has 0 bridgehead atoms. The Balaban J connectivity index is 1.64. The normalized spacial score (nSPS) is 20.0. The number of hydrogen-bond donors (Lipinski definition) is 1. The second-order valence-electron chi connectivity index (χ2n) is 9.74. The van der Waals surface area contributed by atoms with Gasteiger partial charge in [0, 0.05) is 5.69 Å². The van der Waals surface area contributed by atoms with Crippen LogP contribution in [0, 0.1) is 31.6 Å². The summed E-state index contributed by atoms with van der Waals surface area (Å²) in [6.07, 6.45) is 2.80. The molecule has 3 rings (SSSR count). The molecule has 0 aromatic heterocycles. The molecule has 6 nitrogen and oxygen atoms in total. The highest BCUT2D eigenvalue weighted by Gasteiger charge is 2.34. The van der Waals surface area contributed by atoms with Crippen LogP contribution in [0.4, 0.5) is 5.69 Å². The van der Waals surface area contributed by atoms with Crippen molar-refractivity contribution in [3.8, 4) is 0 Å². The molecule has 2 aromatic carbocycles. The van der Waals surface area contributed by atoms with Crippen molar-refractivity contribution in [2.24, 2.45) is 17.8 Å². The van der Waals surface area contributed by atoms with Crippen LogP contribution in [-0.2, 0) is 14.3 Å². The Hall–Kier alpha value is -3.15. The lowest BCUT2D eigenvalue weighted by Gasteiger charge is -2.36. The van der Waals surface area contributed by atoms with Crippen LogP contribution in [-0.4, -0.2) is 30.6 Å². The Morgan fingerprint density at radius 2 is 1.65 bits per heavy atom. The molecular weight excluding hydrogens is 430 g/mol. The minimum atomic E-state index is -0.736. The number of amides is 1. The maximum Gasteiger partial charge on any atom is 0.339 e. The lowest BCUT2D eigenvalue weighted by molar-refractivity contribution is -0.119. The third-order valence-electron chi connectivity index (χ3n) is 6.71. The van der Waals surface area contributed by atoms with Gasteiger partial charge in [-0.1, -0.05) is 45.4 Å². The predicted octanol–water partition coefficient (Wildman–Crippen LogP) is 5.72. The molecule has 1 aliphatic carbocycles. The number of carbonyl (C=O) groups excluding carboxylic acids is 3. The van der Waals surface area contributed by atoms with Gasteiger partial charge in [0.25, 0.3) is 5.91 Å². The van der Waals surface area contributed by atoms with E-state index in [1.54, 1.807) is 24.3 Å². The lowest BCUT2D eigenvalue weighted by atomic mass is 9.75. The molecule has 3 atom stereocenters. The van der Waals surface area contributed by atoms with Gasteiger partial charge in [-0.05, 0) is 79.8 Å². The van der Waals surface area contributed by atoms with Gasteiger partial charge in [0.2, 0.25) is 0 Å². The van der Waals surface area contributed by atoms with E-state index < -0.39 is 24.5 Å². The second kappa shape index (κ2) is 11.3. The van der Waals surface area contributed by atoms with Gasteiger partial charge in [-0.15, -0.1) is 0 Å². The lowest BCUT2D eigenvalue weighted by Crippen LogP contribution is -2.36. The van der Waals surface area contributed by atoms with Crippen molar-refractivity contribution in [1.29, 1.82) is 0 Å². The topological polar surface area (TPSA) is 81.7 Å². The summed E-state index contributed by atoms with van der Waals surface area (Å²) in [5.74, 6) is -0.525. The Kier molecular flexibility index (Phi) is 8.48. The maximum atomic E-state index is 13.0. The van der Waals surface area contributed by atoms with E-state index in [9.17, 15) is 14.4 Å². The fourth-order valence-corrected chi connectivity index (χ4v) is 4.52. The zero-order valence-electron chi connectivity index (χ0n) is 20.7. The third kappa shape index (κ3) is 6.46. The highest BCUT2D eigenvalue weighted by molar-refractivity contribution is 6.04. The number of hydrogen-bond acceptors (Lipinski definition) is 5. The fourth-order valence-electron chi connectivity index (χ4n) is 4.52. The number of carbonyl (C=O) groups is 3. The molecular formula is C28H35NO5. The van der Waals surface area contributed by atoms with Crippen LogP contribution in [0.2, 0.25) is 0 Å². The number of benzene rings is 2. The summed E-state index contributed by atoms with van der Waals surface area (Å²) >= 11 is 0. The first-order valence-corrected chi connectivity index (χ1v) is 12.0. The predicted molar refractivity (Wildman–Crippen MR) is 132 cm³/mol. The Morgan fingerprint density at radius 1 is 0.971 bits per heavy atom. The Morgan fingerprint density at radius 3 is 2.29 bits per heavy atom. The van der Waals surface area contributed by atoms with Crippen molar-refractivity contribution in [3.05, 3.63) is 64.7 Å². The molecule has 182 valence electrons. The van der Waals surface area contributed by atoms with Gasteiger partial charge in [-0.3, -0.25) is 4.79 Å². The largest absolute Gasteiger partial charge is 0.458 e. The summed E-state index contributed by atoms with van der Waals surface area (Å²) in [4.78, 5) is 38.1. The zero-order chi connectivity index (χ0) is 24.8. The summed E-state index contributed by atoms with van der Waals surface area (Å²) in [6.45, 7) is 9.96. The second-order valence-corrected chi connectivity index (χ2v) is 9.74. The van der Waals surface area contributed by atoms with Crippen LogP contribution in [0.1, 0.15) is 71.9 Å². The van der Waals surface area contributed by atoms with Crippen LogP contribution < -0.4 is 5.32 Å². The van der Waals surface area contributed by atoms with Crippen LogP contribution in [0.5, 0.6) is 0 Å². The third-order valence-corrected chi connectivity index (χ3v) is 6.71. The van der Waals surface area contributed by atoms with Gasteiger partial charge in [0.1, 0.15) is 6.10 Å². The number of rotatable bonds is 7. The van der Waals surface area contributed by atoms with Crippen molar-refractivity contribution in [3.63, 3.8) is 0 Å². The van der Waals surface area contributed by atoms with Crippen molar-refractivity contribution in [2.75, 3.05) is 11.9 Å². The van der Waals surface area contributed by atoms with Crippen LogP contribution in [0.25, 0.3) is 0 Å². The molecule has 0 heterocycles. The average molecular weight is 466 g/mol. The highest BCUT2D eigenvalue weighted by Crippen LogP contribution is 2.35. The smallest absolute Gasteiger partial charge is 0.339 e. The van der Waals surface area contributed by atoms with E-state index in [4.69, 9.17) is 9.47 Å². The van der Waals surface area contributed by atoms with Crippen LogP contribution >= 0.6 is 0 Å². The van der Waals surface area contributed by atoms with Crippen LogP contribution in [0.15, 0.2) is 42.5 Å². The minimum absolute atomic E-state index is 0.0939. The Labute approximate surface area is 202 Å². The van der Waals surface area contributed by atoms with Gasteiger partial charge >= 0.3 is 11.9 Å². The van der Waals surface area contributed by atoms with Gasteiger partial charge in [-0.25, -0.2) is 9.59 Å². The fraction of sp³-hybridized carbons (Fsp3) is 0.464. The first-order chi connectivity index (χ1) is 16.2. The van der Waals surface area contributed by atoms with Crippen molar-refractivity contribution < 1.29 is 23.9 Å². The quantitative estimate of drug-likeness (QED) is 0.529. The van der Waals surface area contributed by atoms with Gasteiger partial charge in [0.15, 0.2) is 6.61 Å². The van der Waals surface area contributed by atoms with Crippen molar-refractivity contribution in [2.45, 2.75) is 60.0 Å². The first kappa shape index (κ1) is 25.5. The van der Waals surface area contributed by atoms with Crippen molar-refractivity contribution >= 4 is 23.5 Å². The average Bonchev–Trinajstić information content (AvgIpc) is 2.79. The van der Waals surface area contributed by atoms with E-state index in [1.165, 1.54) is 6.07 Å². The molecule has 0 spiro atoms. The molecule has 0 saturated heterocycles. The van der Waals surface area contributed by atoms with E-state index in [2.05, 4.69) is 26.1 Å². The minimum Gasteiger partial charge on any atom is -0.458 e. The van der Waals surface area contributed by atoms with E-state index in [0.29, 0.717) is 23.4 Å². The van der Waals surface area contributed by atoms with Gasteiger partial charge in [0.05, 0.1) is 11.1 Å². The summed E-state index contributed by atoms with van der Waals surface area (Å²) in [5.41, 5.74) is 3.05. The van der Waals surface area contributed by atoms with Crippen LogP contribution in [0.3, 0.4) is 0 Å². The molecule has 6 heteroatoms. The van der Waals surface area contributed by atoms with Gasteiger partial charge < -0.3 is 14.8 Å². The van der Waals surface area contributed by atoms with E-state index in [0.717, 1.165) is 30.4 Å². The summed E-state index contributed by atoms with van der Waals surface area (Å²) < 4.78 is 11.1. The summed E-state index contributed by atoms with van der Waals surface area (Å²) in [5, 5.41) is 2.72. The standard InChI is InChI=1S/C28H35NO5/c1-17(2)22-13-10-18(3)14-25(22)34-28(32)24-9-7-6-8-23(24)27(31)33-16-26(30)29-21-12-11-19(4)20(5)15-21/h6-9,11-12,15,17-18,22,25H,10,13-14,16H2,1-5H3,(H,29,30)/t18-,22+,25+/m0/s1. The Bertz CT molecular complexity index is 1040.